The lowest BCUT2D eigenvalue weighted by atomic mass is 10.2. The molecule has 0 unspecified atom stereocenters. The average molecular weight is 1210 g/mol. The molecule has 9 amide bonds. The van der Waals surface area contributed by atoms with E-state index in [4.69, 9.17) is 11.5 Å². The third kappa shape index (κ3) is 15.3. The largest absolute Gasteiger partial charge is 0.351 e. The molecule has 0 radical (unpaired) electrons. The van der Waals surface area contributed by atoms with Crippen LogP contribution in [0.5, 0.6) is 0 Å². The number of carbonyl (C=O) groups excluding carboxylic acids is 9. The van der Waals surface area contributed by atoms with E-state index in [0.29, 0.717) is 30.2 Å². The van der Waals surface area contributed by atoms with Crippen molar-refractivity contribution in [3.63, 3.8) is 0 Å². The highest BCUT2D eigenvalue weighted by Crippen LogP contribution is 2.22. The number of nitrogens with two attached hydrogens (primary N) is 2. The number of aromatic nitrogens is 12. The van der Waals surface area contributed by atoms with Crippen LogP contribution in [0, 0.1) is 0 Å². The molecule has 8 heterocycles. The Labute approximate surface area is 503 Å². The van der Waals surface area contributed by atoms with Gasteiger partial charge in [-0.1, -0.05) is 0 Å². The molecule has 0 aliphatic carbocycles. The van der Waals surface area contributed by atoms with E-state index in [9.17, 15) is 43.2 Å². The van der Waals surface area contributed by atoms with Gasteiger partial charge in [0.2, 0.25) is 23.4 Å². The van der Waals surface area contributed by atoms with E-state index in [1.165, 1.54) is 82.8 Å². The van der Waals surface area contributed by atoms with E-state index in [-0.39, 0.29) is 88.1 Å². The van der Waals surface area contributed by atoms with Gasteiger partial charge in [0.25, 0.3) is 47.3 Å². The van der Waals surface area contributed by atoms with Gasteiger partial charge in [-0.15, -0.1) is 0 Å². The van der Waals surface area contributed by atoms with Crippen LogP contribution in [0.25, 0.3) is 0 Å². The van der Waals surface area contributed by atoms with Gasteiger partial charge in [-0.05, 0) is 70.2 Å². The zero-order chi connectivity index (χ0) is 63.7. The molecule has 0 bridgehead atoms. The first-order chi connectivity index (χ1) is 41.8. The van der Waals surface area contributed by atoms with Gasteiger partial charge in [-0.25, -0.2) is 19.9 Å². The number of rotatable bonds is 26. The number of anilines is 7. The van der Waals surface area contributed by atoms with Crippen LogP contribution in [0.3, 0.4) is 0 Å². The standard InChI is InChI=1S/C55H70N24O9/c1-71(17-10-13-56)18-11-14-59-48(81)36-20-31(24-73(36)3)61-49(82)37-21-32(25-74(37)4)62-50(83)38-22-33(26-75(38)5)63-54(87)45-66-40(28-78(45)8)68-47(80)35(57)12-15-60-52(85)44-65-41(29-77(44)7)69-51(84)39-23-34(27-76(39)6)64-55(88)46-67-42(30-79(46)9)70-53(86)43-58-16-19-72(43)2/h16,19-30,35H,10-15,17-18,56-57H2,1-9H3,(H,59,81)(H,60,85)(H,61,82)(H,62,83)(H,63,87)(H,64,88)(H,68,80)(H,69,84)(H,70,86)/t35-/m1/s1. The summed E-state index contributed by atoms with van der Waals surface area (Å²) in [5, 5.41) is 24.4. The predicted molar refractivity (Wildman–Crippen MR) is 324 cm³/mol. The lowest BCUT2D eigenvalue weighted by Crippen LogP contribution is -2.39. The lowest BCUT2D eigenvalue weighted by Gasteiger charge is -2.15. The molecule has 8 aromatic heterocycles. The van der Waals surface area contributed by atoms with Crippen LogP contribution in [0.15, 0.2) is 80.0 Å². The molecular weight excluding hydrogens is 1140 g/mol. The maximum atomic E-state index is 13.5. The van der Waals surface area contributed by atoms with E-state index >= 15 is 0 Å². The number of hydrogen-bond donors (Lipinski definition) is 11. The summed E-state index contributed by atoms with van der Waals surface area (Å²) >= 11 is 0. The number of nitrogens with zero attached hydrogens (tertiary/aromatic N) is 13. The number of imidazole rings is 4. The van der Waals surface area contributed by atoms with E-state index in [2.05, 4.69) is 72.7 Å². The second-order valence-electron chi connectivity index (χ2n) is 20.9. The zero-order valence-electron chi connectivity index (χ0n) is 49.9. The van der Waals surface area contributed by atoms with E-state index in [1.807, 2.05) is 7.05 Å². The minimum absolute atomic E-state index is 0.0138. The molecule has 0 aromatic carbocycles. The van der Waals surface area contributed by atoms with E-state index in [0.717, 1.165) is 25.9 Å². The maximum absolute atomic E-state index is 13.5. The predicted octanol–water partition coefficient (Wildman–Crippen LogP) is 0.975. The van der Waals surface area contributed by atoms with Crippen molar-refractivity contribution in [2.24, 2.45) is 67.8 Å². The van der Waals surface area contributed by atoms with Crippen molar-refractivity contribution in [1.82, 2.24) is 72.0 Å². The molecule has 0 fully saturated rings. The van der Waals surface area contributed by atoms with Gasteiger partial charge in [-0.2, -0.15) is 0 Å². The van der Waals surface area contributed by atoms with Crippen molar-refractivity contribution in [2.45, 2.75) is 25.3 Å². The Morgan fingerprint density at radius 3 is 1.26 bits per heavy atom. The molecular formula is C55H70N24O9. The number of amides is 9. The SMILES string of the molecule is CN(CCCN)CCCNC(=O)c1cc(NC(=O)c2cc(NC(=O)c3cc(NC(=O)c4nc(NC(=O)[C@H](N)CCNC(=O)c5nc(NC(=O)c6cc(NC(=O)c7nc(NC(=O)c8nccn8C)cn7C)cn6C)cn5C)cn4C)cn3C)cn2C)cn1C. The summed E-state index contributed by atoms with van der Waals surface area (Å²) in [6, 6.07) is 4.85. The number of carbonyl (C=O) groups is 9. The second kappa shape index (κ2) is 27.4. The minimum Gasteiger partial charge on any atom is -0.351 e. The first-order valence-corrected chi connectivity index (χ1v) is 27.5. The number of aryl methyl sites for hydroxylation is 8. The minimum atomic E-state index is -1.13. The molecule has 0 saturated carbocycles. The van der Waals surface area contributed by atoms with Crippen LogP contribution >= 0.6 is 0 Å². The summed E-state index contributed by atoms with van der Waals surface area (Å²) in [5.41, 5.74) is 13.9. The van der Waals surface area contributed by atoms with Crippen LogP contribution in [0.4, 0.5) is 40.2 Å². The first kappa shape index (κ1) is 63.1. The number of nitrogens with one attached hydrogen (secondary N) is 9. The highest BCUT2D eigenvalue weighted by molar-refractivity contribution is 6.10. The van der Waals surface area contributed by atoms with Crippen molar-refractivity contribution in [3.8, 4) is 0 Å². The zero-order valence-corrected chi connectivity index (χ0v) is 49.9. The van der Waals surface area contributed by atoms with Gasteiger partial charge in [-0.3, -0.25) is 43.2 Å². The normalized spacial score (nSPS) is 11.5. The molecule has 464 valence electrons. The summed E-state index contributed by atoms with van der Waals surface area (Å²) in [4.78, 5) is 138. The van der Waals surface area contributed by atoms with E-state index in [1.54, 1.807) is 90.2 Å². The maximum Gasteiger partial charge on any atom is 0.292 e. The summed E-state index contributed by atoms with van der Waals surface area (Å²) in [6.45, 7) is 2.75. The fraction of sp³-hybridized carbons (Fsp3) is 0.327. The molecule has 8 aromatic rings. The van der Waals surface area contributed by atoms with E-state index < -0.39 is 53.3 Å². The van der Waals surface area contributed by atoms with Crippen LogP contribution in [0.1, 0.15) is 104 Å². The molecule has 33 nitrogen and oxygen atoms in total. The topological polar surface area (TPSA) is 408 Å². The van der Waals surface area contributed by atoms with Crippen molar-refractivity contribution in [2.75, 3.05) is 77.0 Å². The Hall–Kier alpha value is -10.9. The van der Waals surface area contributed by atoms with Gasteiger partial charge < -0.3 is 101 Å². The van der Waals surface area contributed by atoms with Crippen molar-refractivity contribution in [1.29, 1.82) is 0 Å². The highest BCUT2D eigenvalue weighted by Gasteiger charge is 2.25. The number of hydrogen-bond acceptors (Lipinski definition) is 16. The Morgan fingerprint density at radius 2 is 0.818 bits per heavy atom. The van der Waals surface area contributed by atoms with Gasteiger partial charge in [0.15, 0.2) is 23.3 Å². The third-order valence-electron chi connectivity index (χ3n) is 13.8. The first-order valence-electron chi connectivity index (χ1n) is 27.5. The lowest BCUT2D eigenvalue weighted by molar-refractivity contribution is -0.117. The molecule has 0 aliphatic heterocycles. The molecule has 0 aliphatic rings. The fourth-order valence-electron chi connectivity index (χ4n) is 9.23. The van der Waals surface area contributed by atoms with Crippen LogP contribution in [-0.4, -0.2) is 160 Å². The van der Waals surface area contributed by atoms with Gasteiger partial charge >= 0.3 is 0 Å². The summed E-state index contributed by atoms with van der Waals surface area (Å²) in [5.74, 6) is -4.78. The molecule has 0 saturated heterocycles. The smallest absolute Gasteiger partial charge is 0.292 e. The van der Waals surface area contributed by atoms with Gasteiger partial charge in [0, 0.05) is 125 Å². The molecule has 13 N–H and O–H groups in total. The van der Waals surface area contributed by atoms with Crippen molar-refractivity contribution < 1.29 is 43.2 Å². The van der Waals surface area contributed by atoms with Gasteiger partial charge in [0.05, 0.1) is 28.8 Å². The van der Waals surface area contributed by atoms with Crippen LogP contribution in [-0.2, 0) is 61.2 Å². The molecule has 33 heteroatoms. The third-order valence-corrected chi connectivity index (χ3v) is 13.8. The summed E-state index contributed by atoms with van der Waals surface area (Å²) in [7, 11) is 14.9. The van der Waals surface area contributed by atoms with Crippen LogP contribution in [0.2, 0.25) is 0 Å². The van der Waals surface area contributed by atoms with Crippen molar-refractivity contribution in [3.05, 3.63) is 126 Å². The summed E-state index contributed by atoms with van der Waals surface area (Å²) in [6.07, 6.45) is 15.3. The highest BCUT2D eigenvalue weighted by atomic mass is 16.2. The molecule has 0 spiro atoms. The fourth-order valence-corrected chi connectivity index (χ4v) is 9.23. The summed E-state index contributed by atoms with van der Waals surface area (Å²) < 4.78 is 11.9. The second-order valence-corrected chi connectivity index (χ2v) is 20.9. The van der Waals surface area contributed by atoms with Gasteiger partial charge in [0.1, 0.15) is 22.8 Å². The molecule has 88 heavy (non-hydrogen) atoms. The van der Waals surface area contributed by atoms with Crippen molar-refractivity contribution >= 4 is 93.4 Å². The Kier molecular flexibility index (Phi) is 19.7. The average Bonchev–Trinajstić information content (AvgIpc) is 3.69. The Bertz CT molecular complexity index is 3950. The van der Waals surface area contributed by atoms with Crippen LogP contribution < -0.4 is 59.3 Å². The Morgan fingerprint density at radius 1 is 0.443 bits per heavy atom. The quantitative estimate of drug-likeness (QED) is 0.0337. The molecule has 8 rings (SSSR count). The monoisotopic (exact) mass is 1210 g/mol. The molecule has 1 atom stereocenters. The Balaban J connectivity index is 0.763.